The first-order valence-electron chi connectivity index (χ1n) is 9.42. The summed E-state index contributed by atoms with van der Waals surface area (Å²) in [5, 5.41) is 2.51. The normalized spacial score (nSPS) is 14.2. The first kappa shape index (κ1) is 21.9. The Morgan fingerprint density at radius 2 is 1.90 bits per heavy atom. The van der Waals surface area contributed by atoms with Crippen molar-refractivity contribution in [2.24, 2.45) is 0 Å². The number of hydrogen-bond acceptors (Lipinski definition) is 4. The maximum absolute atomic E-state index is 13.8. The van der Waals surface area contributed by atoms with E-state index in [4.69, 9.17) is 0 Å². The monoisotopic (exact) mass is 482 g/mol. The van der Waals surface area contributed by atoms with Crippen molar-refractivity contribution in [3.63, 3.8) is 0 Å². The van der Waals surface area contributed by atoms with Gasteiger partial charge in [0.25, 0.3) is 0 Å². The zero-order valence-electron chi connectivity index (χ0n) is 16.4. The van der Waals surface area contributed by atoms with Gasteiger partial charge in [0.05, 0.1) is 10.1 Å². The Labute approximate surface area is 179 Å². The van der Waals surface area contributed by atoms with E-state index in [0.717, 1.165) is 4.47 Å². The molecule has 0 aliphatic heterocycles. The van der Waals surface area contributed by atoms with E-state index < -0.39 is 9.84 Å². The topological polar surface area (TPSA) is 66.5 Å². The highest BCUT2D eigenvalue weighted by Gasteiger charge is 2.38. The van der Waals surface area contributed by atoms with Crippen LogP contribution in [0.15, 0.2) is 45.8 Å². The van der Waals surface area contributed by atoms with Crippen LogP contribution in [0.4, 0.5) is 10.1 Å². The molecule has 0 aromatic heterocycles. The fourth-order valence-electron chi connectivity index (χ4n) is 3.16. The molecule has 0 unspecified atom stereocenters. The van der Waals surface area contributed by atoms with Crippen LogP contribution >= 0.6 is 15.9 Å². The van der Waals surface area contributed by atoms with Gasteiger partial charge in [-0.3, -0.25) is 4.79 Å². The van der Waals surface area contributed by atoms with Gasteiger partial charge in [-0.1, -0.05) is 15.9 Å². The number of nitrogens with one attached hydrogen (secondary N) is 1. The molecule has 1 amide bonds. The van der Waals surface area contributed by atoms with E-state index >= 15 is 0 Å². The molecule has 0 bridgehead atoms. The molecule has 0 radical (unpaired) electrons. The van der Waals surface area contributed by atoms with E-state index in [2.05, 4.69) is 21.2 Å². The minimum Gasteiger partial charge on any atom is -0.326 e. The Bertz CT molecular complexity index is 1020. The number of halogens is 2. The lowest BCUT2D eigenvalue weighted by Gasteiger charge is -2.16. The molecule has 2 aromatic carbocycles. The summed E-state index contributed by atoms with van der Waals surface area (Å²) in [6.45, 7) is 0.453. The van der Waals surface area contributed by atoms with Crippen LogP contribution in [0.5, 0.6) is 0 Å². The highest BCUT2D eigenvalue weighted by atomic mass is 79.9. The summed E-state index contributed by atoms with van der Waals surface area (Å²) in [4.78, 5) is 14.6. The molecule has 3 rings (SSSR count). The smallest absolute Gasteiger partial charge is 0.224 e. The van der Waals surface area contributed by atoms with Gasteiger partial charge in [-0.25, -0.2) is 12.8 Å². The van der Waals surface area contributed by atoms with Crippen LogP contribution in [-0.2, 0) is 27.6 Å². The van der Waals surface area contributed by atoms with Crippen molar-refractivity contribution < 1.29 is 17.6 Å². The van der Waals surface area contributed by atoms with Crippen LogP contribution in [0.2, 0.25) is 0 Å². The van der Waals surface area contributed by atoms with Crippen molar-refractivity contribution in [2.45, 2.75) is 42.4 Å². The van der Waals surface area contributed by atoms with Crippen molar-refractivity contribution in [1.82, 2.24) is 4.90 Å². The van der Waals surface area contributed by atoms with Gasteiger partial charge in [0.1, 0.15) is 5.82 Å². The number of amides is 1. The van der Waals surface area contributed by atoms with Crippen LogP contribution < -0.4 is 5.32 Å². The average molecular weight is 483 g/mol. The summed E-state index contributed by atoms with van der Waals surface area (Å²) in [6.07, 6.45) is 1.80. The predicted octanol–water partition coefficient (Wildman–Crippen LogP) is 4.16. The molecule has 1 N–H and O–H groups in total. The van der Waals surface area contributed by atoms with E-state index in [1.807, 2.05) is 19.0 Å². The summed E-state index contributed by atoms with van der Waals surface area (Å²) in [7, 11) is 0.405. The second-order valence-electron chi connectivity index (χ2n) is 7.59. The van der Waals surface area contributed by atoms with Crippen molar-refractivity contribution in [3.8, 4) is 0 Å². The van der Waals surface area contributed by atoms with E-state index in [9.17, 15) is 17.6 Å². The Hall–Kier alpha value is -1.77. The SMILES string of the molecule is CN(C)Cc1cc(NC(=O)CCc2cc(Br)ccc2F)ccc1S(=O)(=O)C1CC1. The highest BCUT2D eigenvalue weighted by molar-refractivity contribution is 9.10. The van der Waals surface area contributed by atoms with Gasteiger partial charge in [0.15, 0.2) is 9.84 Å². The third-order valence-electron chi connectivity index (χ3n) is 4.73. The molecule has 0 saturated heterocycles. The quantitative estimate of drug-likeness (QED) is 0.613. The van der Waals surface area contributed by atoms with E-state index in [-0.39, 0.29) is 29.8 Å². The number of rotatable bonds is 8. The molecular weight excluding hydrogens is 459 g/mol. The summed E-state index contributed by atoms with van der Waals surface area (Å²) in [5.41, 5.74) is 1.67. The lowest BCUT2D eigenvalue weighted by Crippen LogP contribution is -2.18. The number of hydrogen-bond donors (Lipinski definition) is 1. The van der Waals surface area contributed by atoms with E-state index in [1.165, 1.54) is 6.07 Å². The zero-order valence-corrected chi connectivity index (χ0v) is 18.8. The van der Waals surface area contributed by atoms with Gasteiger partial charge in [-0.15, -0.1) is 0 Å². The van der Waals surface area contributed by atoms with E-state index in [0.29, 0.717) is 41.1 Å². The fourth-order valence-corrected chi connectivity index (χ4v) is 5.43. The first-order chi connectivity index (χ1) is 13.7. The molecule has 1 fully saturated rings. The lowest BCUT2D eigenvalue weighted by molar-refractivity contribution is -0.116. The minimum absolute atomic E-state index is 0.124. The Morgan fingerprint density at radius 3 is 2.55 bits per heavy atom. The largest absolute Gasteiger partial charge is 0.326 e. The Kier molecular flexibility index (Phi) is 6.76. The maximum Gasteiger partial charge on any atom is 0.224 e. The Balaban J connectivity index is 1.73. The van der Waals surface area contributed by atoms with Gasteiger partial charge < -0.3 is 10.2 Å². The van der Waals surface area contributed by atoms with Gasteiger partial charge in [0, 0.05) is 23.1 Å². The van der Waals surface area contributed by atoms with Crippen LogP contribution in [0, 0.1) is 5.82 Å². The van der Waals surface area contributed by atoms with Crippen molar-refractivity contribution in [2.75, 3.05) is 19.4 Å². The molecule has 1 saturated carbocycles. The molecule has 1 aliphatic carbocycles. The molecule has 0 spiro atoms. The molecule has 0 atom stereocenters. The van der Waals surface area contributed by atoms with Gasteiger partial charge >= 0.3 is 0 Å². The summed E-state index contributed by atoms with van der Waals surface area (Å²) < 4.78 is 40.0. The van der Waals surface area contributed by atoms with Crippen LogP contribution in [0.3, 0.4) is 0 Å². The molecular formula is C21H24BrFN2O3S. The van der Waals surface area contributed by atoms with Crippen LogP contribution in [-0.4, -0.2) is 38.6 Å². The summed E-state index contributed by atoms with van der Waals surface area (Å²) in [5.74, 6) is -0.595. The molecule has 1 aliphatic rings. The summed E-state index contributed by atoms with van der Waals surface area (Å²) in [6, 6.07) is 9.55. The molecule has 29 heavy (non-hydrogen) atoms. The third kappa shape index (κ3) is 5.65. The molecule has 0 heterocycles. The number of nitrogens with zero attached hydrogens (tertiary/aromatic N) is 1. The van der Waals surface area contributed by atoms with E-state index in [1.54, 1.807) is 30.3 Å². The average Bonchev–Trinajstić information content (AvgIpc) is 3.48. The molecule has 5 nitrogen and oxygen atoms in total. The maximum atomic E-state index is 13.8. The van der Waals surface area contributed by atoms with Crippen LogP contribution in [0.25, 0.3) is 0 Å². The molecule has 156 valence electrons. The van der Waals surface area contributed by atoms with Crippen LogP contribution in [0.1, 0.15) is 30.4 Å². The van der Waals surface area contributed by atoms with Gasteiger partial charge in [-0.2, -0.15) is 0 Å². The molecule has 8 heteroatoms. The third-order valence-corrected chi connectivity index (χ3v) is 7.58. The lowest BCUT2D eigenvalue weighted by atomic mass is 10.1. The van der Waals surface area contributed by atoms with Crippen molar-refractivity contribution >= 4 is 37.4 Å². The highest BCUT2D eigenvalue weighted by Crippen LogP contribution is 2.36. The van der Waals surface area contributed by atoms with Crippen molar-refractivity contribution in [3.05, 3.63) is 57.8 Å². The predicted molar refractivity (Wildman–Crippen MR) is 115 cm³/mol. The standard InChI is InChI=1S/C21H24BrFN2O3S/c1-25(2)13-15-12-17(5-9-20(15)29(27,28)18-6-7-18)24-21(26)10-3-14-11-16(22)4-8-19(14)23/h4-5,8-9,11-12,18H,3,6-7,10,13H2,1-2H3,(H,24,26). The number of aryl methyl sites for hydroxylation is 1. The molecule has 2 aromatic rings. The second kappa shape index (κ2) is 8.93. The second-order valence-corrected chi connectivity index (χ2v) is 10.7. The number of anilines is 1. The van der Waals surface area contributed by atoms with Gasteiger partial charge in [-0.05, 0) is 80.9 Å². The van der Waals surface area contributed by atoms with Gasteiger partial charge in [0.2, 0.25) is 5.91 Å². The summed E-state index contributed by atoms with van der Waals surface area (Å²) >= 11 is 3.30. The minimum atomic E-state index is -3.33. The zero-order chi connectivity index (χ0) is 21.2. The fraction of sp³-hybridized carbons (Fsp3) is 0.381. The number of sulfone groups is 1. The number of carbonyl (C=O) groups is 1. The Morgan fingerprint density at radius 1 is 1.17 bits per heavy atom. The van der Waals surface area contributed by atoms with Crippen molar-refractivity contribution in [1.29, 1.82) is 0 Å². The number of benzene rings is 2. The number of carbonyl (C=O) groups excluding carboxylic acids is 1. The first-order valence-corrected chi connectivity index (χ1v) is 11.8.